The molecule has 624 valence electrons. The van der Waals surface area contributed by atoms with Gasteiger partial charge in [0.15, 0.2) is 12.2 Å². The molecule has 0 amide bonds. The van der Waals surface area contributed by atoms with Crippen molar-refractivity contribution in [2.75, 3.05) is 39.6 Å². The molecule has 6 atom stereocenters. The maximum absolute atomic E-state index is 13.1. The maximum Gasteiger partial charge on any atom is 0.472 e. The lowest BCUT2D eigenvalue weighted by Crippen LogP contribution is -2.30. The van der Waals surface area contributed by atoms with E-state index in [9.17, 15) is 43.2 Å². The fourth-order valence-electron chi connectivity index (χ4n) is 13.4. The SMILES string of the molecule is CCCCCCCCCCCCCCCCCCCCCCCC(=O)O[C@H](COC(=O)CCCCCCCCCCCCCCCCCCCCCC)COP(=O)(O)OC[C@@H](O)COP(=O)(O)OC[C@@H](COC(=O)CCCCCCCCCC(C)C)OC(=O)CCCCCCCCCCCCC(C)CC. The summed E-state index contributed by atoms with van der Waals surface area (Å²) < 4.78 is 68.9. The molecule has 3 N–H and O–H groups in total. The van der Waals surface area contributed by atoms with Crippen molar-refractivity contribution < 1.29 is 80.2 Å². The van der Waals surface area contributed by atoms with Crippen molar-refractivity contribution in [3.05, 3.63) is 0 Å². The highest BCUT2D eigenvalue weighted by atomic mass is 31.2. The molecule has 0 aliphatic carbocycles. The number of ether oxygens (including phenoxy) is 4. The summed E-state index contributed by atoms with van der Waals surface area (Å²) in [5, 5.41) is 10.7. The molecule has 0 aliphatic heterocycles. The van der Waals surface area contributed by atoms with Crippen molar-refractivity contribution in [2.24, 2.45) is 11.8 Å². The summed E-state index contributed by atoms with van der Waals surface area (Å²) in [7, 11) is -9.93. The minimum Gasteiger partial charge on any atom is -0.462 e. The average molecular weight is 1540 g/mol. The largest absolute Gasteiger partial charge is 0.472 e. The van der Waals surface area contributed by atoms with Crippen LogP contribution in [-0.2, 0) is 65.4 Å². The second-order valence-corrected chi connectivity index (χ2v) is 34.6. The van der Waals surface area contributed by atoms with Gasteiger partial charge >= 0.3 is 39.5 Å². The van der Waals surface area contributed by atoms with Gasteiger partial charge in [-0.25, -0.2) is 9.13 Å². The van der Waals surface area contributed by atoms with Crippen LogP contribution in [0.25, 0.3) is 0 Å². The molecule has 0 spiro atoms. The molecule has 0 heterocycles. The zero-order valence-corrected chi connectivity index (χ0v) is 70.8. The van der Waals surface area contributed by atoms with Crippen molar-refractivity contribution in [3.63, 3.8) is 0 Å². The number of esters is 4. The Morgan fingerprint density at radius 1 is 0.276 bits per heavy atom. The first-order chi connectivity index (χ1) is 50.9. The summed E-state index contributed by atoms with van der Waals surface area (Å²) in [4.78, 5) is 73.2. The third-order valence-electron chi connectivity index (χ3n) is 20.6. The van der Waals surface area contributed by atoms with Crippen LogP contribution in [0.15, 0.2) is 0 Å². The molecule has 0 saturated carbocycles. The zero-order valence-electron chi connectivity index (χ0n) is 69.0. The van der Waals surface area contributed by atoms with E-state index in [4.69, 9.17) is 37.0 Å². The second-order valence-electron chi connectivity index (χ2n) is 31.6. The molecule has 0 bridgehead atoms. The summed E-state index contributed by atoms with van der Waals surface area (Å²) >= 11 is 0. The Balaban J connectivity index is 5.22. The summed E-state index contributed by atoms with van der Waals surface area (Å²) in [6.45, 7) is 9.63. The molecule has 0 aromatic rings. The molecule has 3 unspecified atom stereocenters. The standard InChI is InChI=1S/C86H168O17P2/c1-7-10-12-14-16-18-20-22-24-26-28-30-32-34-36-38-40-45-51-58-64-70-85(90)102-81(74-96-83(88)68-62-56-50-44-39-37-35-33-31-29-27-25-23-21-19-17-15-13-11-8-2)76-100-104(92,93)98-72-80(87)73-99-105(94,95)101-77-82(75-97-84(89)69-63-57-53-47-48-54-60-66-78(4)5)103-86(91)71-65-59-52-46-42-41-43-49-55-61-67-79(6)9-3/h78-82,87H,7-77H2,1-6H3,(H,92,93)(H,94,95)/t79?,80-,81-,82-/m1/s1. The summed E-state index contributed by atoms with van der Waals surface area (Å²) in [6, 6.07) is 0. The number of hydrogen-bond donors (Lipinski definition) is 3. The van der Waals surface area contributed by atoms with Crippen molar-refractivity contribution in [3.8, 4) is 0 Å². The van der Waals surface area contributed by atoms with Crippen LogP contribution in [0.4, 0.5) is 0 Å². The lowest BCUT2D eigenvalue weighted by atomic mass is 9.99. The van der Waals surface area contributed by atoms with Gasteiger partial charge in [-0.2, -0.15) is 0 Å². The Hall–Kier alpha value is -1.94. The first-order valence-electron chi connectivity index (χ1n) is 44.5. The van der Waals surface area contributed by atoms with Gasteiger partial charge in [0.2, 0.25) is 0 Å². The summed E-state index contributed by atoms with van der Waals surface area (Å²) in [5.41, 5.74) is 0. The number of aliphatic hydroxyl groups excluding tert-OH is 1. The number of carbonyl (C=O) groups is 4. The maximum atomic E-state index is 13.1. The monoisotopic (exact) mass is 1540 g/mol. The van der Waals surface area contributed by atoms with Crippen LogP contribution in [0.1, 0.15) is 459 Å². The molecular weight excluding hydrogens is 1370 g/mol. The van der Waals surface area contributed by atoms with Crippen LogP contribution < -0.4 is 0 Å². The van der Waals surface area contributed by atoms with E-state index in [1.54, 1.807) is 0 Å². The van der Waals surface area contributed by atoms with Crippen LogP contribution in [0.3, 0.4) is 0 Å². The molecule has 17 nitrogen and oxygen atoms in total. The molecule has 0 rings (SSSR count). The highest BCUT2D eigenvalue weighted by Crippen LogP contribution is 2.45. The van der Waals surface area contributed by atoms with Gasteiger partial charge in [-0.15, -0.1) is 0 Å². The van der Waals surface area contributed by atoms with E-state index in [2.05, 4.69) is 41.5 Å². The van der Waals surface area contributed by atoms with E-state index in [-0.39, 0.29) is 25.7 Å². The van der Waals surface area contributed by atoms with Gasteiger partial charge < -0.3 is 33.8 Å². The van der Waals surface area contributed by atoms with Gasteiger partial charge in [0.05, 0.1) is 26.4 Å². The fraction of sp³-hybridized carbons (Fsp3) is 0.953. The van der Waals surface area contributed by atoms with Crippen LogP contribution in [0, 0.1) is 11.8 Å². The van der Waals surface area contributed by atoms with Crippen LogP contribution in [-0.4, -0.2) is 96.7 Å². The number of carbonyl (C=O) groups excluding carboxylic acids is 4. The quantitative estimate of drug-likeness (QED) is 0.0222. The Kier molecular flexibility index (Phi) is 76.0. The molecular formula is C86H168O17P2. The van der Waals surface area contributed by atoms with E-state index in [1.807, 2.05) is 0 Å². The van der Waals surface area contributed by atoms with Crippen LogP contribution in [0.5, 0.6) is 0 Å². The van der Waals surface area contributed by atoms with E-state index < -0.39 is 97.5 Å². The van der Waals surface area contributed by atoms with Gasteiger partial charge in [0, 0.05) is 25.7 Å². The van der Waals surface area contributed by atoms with Crippen LogP contribution >= 0.6 is 15.6 Å². The van der Waals surface area contributed by atoms with Crippen LogP contribution in [0.2, 0.25) is 0 Å². The molecule has 0 radical (unpaired) electrons. The number of rotatable bonds is 85. The zero-order chi connectivity index (χ0) is 77.1. The highest BCUT2D eigenvalue weighted by Gasteiger charge is 2.30. The number of phosphoric acid groups is 2. The lowest BCUT2D eigenvalue weighted by Gasteiger charge is -2.21. The topological polar surface area (TPSA) is 237 Å². The third kappa shape index (κ3) is 78.5. The van der Waals surface area contributed by atoms with E-state index in [0.717, 1.165) is 102 Å². The Morgan fingerprint density at radius 3 is 0.724 bits per heavy atom. The lowest BCUT2D eigenvalue weighted by molar-refractivity contribution is -0.161. The predicted molar refractivity (Wildman–Crippen MR) is 432 cm³/mol. The highest BCUT2D eigenvalue weighted by molar-refractivity contribution is 7.47. The van der Waals surface area contributed by atoms with Gasteiger partial charge in [0.25, 0.3) is 0 Å². The number of unbranched alkanes of at least 4 members (excludes halogenated alkanes) is 54. The minimum atomic E-state index is -4.97. The van der Waals surface area contributed by atoms with Gasteiger partial charge in [-0.05, 0) is 37.5 Å². The van der Waals surface area contributed by atoms with Crippen molar-refractivity contribution in [2.45, 2.75) is 477 Å². The van der Waals surface area contributed by atoms with Gasteiger partial charge in [-0.3, -0.25) is 37.3 Å². The normalized spacial score (nSPS) is 14.1. The molecule has 0 saturated heterocycles. The minimum absolute atomic E-state index is 0.106. The van der Waals surface area contributed by atoms with E-state index in [0.29, 0.717) is 31.6 Å². The Labute approximate surface area is 645 Å². The molecule has 105 heavy (non-hydrogen) atoms. The van der Waals surface area contributed by atoms with E-state index in [1.165, 1.54) is 270 Å². The molecule has 0 aromatic carbocycles. The van der Waals surface area contributed by atoms with Gasteiger partial charge in [-0.1, -0.05) is 408 Å². The van der Waals surface area contributed by atoms with E-state index >= 15 is 0 Å². The smallest absolute Gasteiger partial charge is 0.462 e. The summed E-state index contributed by atoms with van der Waals surface area (Å²) in [6.07, 6.45) is 69.6. The first kappa shape index (κ1) is 103. The number of hydrogen-bond acceptors (Lipinski definition) is 15. The van der Waals surface area contributed by atoms with Crippen molar-refractivity contribution in [1.82, 2.24) is 0 Å². The average Bonchev–Trinajstić information content (AvgIpc) is 0.922. The van der Waals surface area contributed by atoms with Crippen molar-refractivity contribution >= 4 is 39.5 Å². The molecule has 19 heteroatoms. The molecule has 0 aromatic heterocycles. The number of aliphatic hydroxyl groups is 1. The van der Waals surface area contributed by atoms with Crippen molar-refractivity contribution in [1.29, 1.82) is 0 Å². The Bertz CT molecular complexity index is 2010. The first-order valence-corrected chi connectivity index (χ1v) is 47.5. The Morgan fingerprint density at radius 2 is 0.486 bits per heavy atom. The molecule has 0 aliphatic rings. The molecule has 0 fully saturated rings. The second kappa shape index (κ2) is 77.4. The fourth-order valence-corrected chi connectivity index (χ4v) is 15.0. The number of phosphoric ester groups is 2. The third-order valence-corrected chi connectivity index (χ3v) is 22.5. The predicted octanol–water partition coefficient (Wildman–Crippen LogP) is 26.2. The van der Waals surface area contributed by atoms with Gasteiger partial charge in [0.1, 0.15) is 19.3 Å². The summed E-state index contributed by atoms with van der Waals surface area (Å²) in [5.74, 6) is -0.598.